The van der Waals surface area contributed by atoms with Gasteiger partial charge in [0.2, 0.25) is 0 Å². The summed E-state index contributed by atoms with van der Waals surface area (Å²) < 4.78 is 21.0. The fraction of sp³-hybridized carbons (Fsp3) is 0.258. The molecule has 3 aromatic carbocycles. The molecule has 0 radical (unpaired) electrons. The SMILES string of the molecule is CCC(=O)c1cccc2cc(Oc3ccnc(NC(=O)c4ccc(N5C[C@@H](C)N[C@@H](C)C5)cc4F)c3)ccc12. The van der Waals surface area contributed by atoms with Crippen LogP contribution in [0.3, 0.4) is 0 Å². The Morgan fingerprint density at radius 2 is 1.77 bits per heavy atom. The van der Waals surface area contributed by atoms with Gasteiger partial charge in [-0.1, -0.05) is 25.1 Å². The van der Waals surface area contributed by atoms with E-state index in [9.17, 15) is 14.0 Å². The predicted octanol–water partition coefficient (Wildman–Crippen LogP) is 6.20. The van der Waals surface area contributed by atoms with Crippen LogP contribution in [-0.2, 0) is 0 Å². The predicted molar refractivity (Wildman–Crippen MR) is 152 cm³/mol. The monoisotopic (exact) mass is 526 g/mol. The summed E-state index contributed by atoms with van der Waals surface area (Å²) in [5, 5.41) is 7.88. The molecule has 0 unspecified atom stereocenters. The minimum absolute atomic E-state index is 0.0601. The number of ether oxygens (including phenoxy) is 1. The number of aromatic nitrogens is 1. The fourth-order valence-electron chi connectivity index (χ4n) is 5.04. The topological polar surface area (TPSA) is 83.6 Å². The van der Waals surface area contributed by atoms with E-state index in [1.54, 1.807) is 24.3 Å². The highest BCUT2D eigenvalue weighted by atomic mass is 19.1. The summed E-state index contributed by atoms with van der Waals surface area (Å²) in [5.41, 5.74) is 1.38. The lowest BCUT2D eigenvalue weighted by Gasteiger charge is -2.37. The van der Waals surface area contributed by atoms with Gasteiger partial charge in [-0.25, -0.2) is 9.37 Å². The van der Waals surface area contributed by atoms with E-state index < -0.39 is 11.7 Å². The van der Waals surface area contributed by atoms with Crippen LogP contribution in [-0.4, -0.2) is 41.8 Å². The van der Waals surface area contributed by atoms with Gasteiger partial charge in [-0.15, -0.1) is 0 Å². The number of benzene rings is 3. The van der Waals surface area contributed by atoms with Gasteiger partial charge in [0.1, 0.15) is 23.1 Å². The average molecular weight is 527 g/mol. The Hall–Kier alpha value is -4.30. The molecule has 1 saturated heterocycles. The third-order valence-electron chi connectivity index (χ3n) is 6.80. The highest BCUT2D eigenvalue weighted by Crippen LogP contribution is 2.29. The molecule has 2 heterocycles. The van der Waals surface area contributed by atoms with Gasteiger partial charge in [0, 0.05) is 55.1 Å². The molecule has 39 heavy (non-hydrogen) atoms. The van der Waals surface area contributed by atoms with Crippen molar-refractivity contribution < 1.29 is 18.7 Å². The maximum absolute atomic E-state index is 15.0. The van der Waals surface area contributed by atoms with Crippen LogP contribution in [0.15, 0.2) is 72.9 Å². The van der Waals surface area contributed by atoms with Crippen LogP contribution in [0.2, 0.25) is 0 Å². The average Bonchev–Trinajstić information content (AvgIpc) is 2.91. The second kappa shape index (κ2) is 11.2. The summed E-state index contributed by atoms with van der Waals surface area (Å²) >= 11 is 0. The van der Waals surface area contributed by atoms with Crippen molar-refractivity contribution in [2.24, 2.45) is 0 Å². The number of amides is 1. The molecule has 0 aliphatic carbocycles. The van der Waals surface area contributed by atoms with Crippen molar-refractivity contribution in [1.29, 1.82) is 0 Å². The first-order valence-electron chi connectivity index (χ1n) is 13.1. The lowest BCUT2D eigenvalue weighted by molar-refractivity contribution is 0.0987. The van der Waals surface area contributed by atoms with Gasteiger partial charge in [-0.05, 0) is 67.1 Å². The zero-order chi connectivity index (χ0) is 27.5. The summed E-state index contributed by atoms with van der Waals surface area (Å²) in [6.45, 7) is 7.56. The maximum Gasteiger partial charge on any atom is 0.259 e. The molecule has 4 aromatic rings. The molecule has 1 fully saturated rings. The normalized spacial score (nSPS) is 17.2. The lowest BCUT2D eigenvalue weighted by atomic mass is 10.00. The first-order chi connectivity index (χ1) is 18.8. The third kappa shape index (κ3) is 5.91. The molecule has 1 aliphatic rings. The number of halogens is 1. The number of piperazine rings is 1. The molecular formula is C31H31FN4O3. The zero-order valence-electron chi connectivity index (χ0n) is 22.2. The van der Waals surface area contributed by atoms with Crippen LogP contribution < -0.4 is 20.3 Å². The van der Waals surface area contributed by atoms with Crippen LogP contribution in [0.1, 0.15) is 47.9 Å². The number of fused-ring (bicyclic) bond motifs is 1. The first kappa shape index (κ1) is 26.3. The Labute approximate surface area is 227 Å². The molecule has 2 N–H and O–H groups in total. The molecule has 7 nitrogen and oxygen atoms in total. The molecular weight excluding hydrogens is 495 g/mol. The van der Waals surface area contributed by atoms with Crippen molar-refractivity contribution in [2.45, 2.75) is 39.3 Å². The van der Waals surface area contributed by atoms with Gasteiger partial charge in [-0.3, -0.25) is 9.59 Å². The highest BCUT2D eigenvalue weighted by Gasteiger charge is 2.23. The number of nitrogens with one attached hydrogen (secondary N) is 2. The zero-order valence-corrected chi connectivity index (χ0v) is 22.2. The number of ketones is 1. The summed E-state index contributed by atoms with van der Waals surface area (Å²) in [4.78, 5) is 31.4. The molecule has 5 rings (SSSR count). The van der Waals surface area contributed by atoms with E-state index in [2.05, 4.69) is 34.4 Å². The second-order valence-electron chi connectivity index (χ2n) is 9.94. The number of Topliss-reactive ketones (excluding diaryl/α,β-unsaturated/α-hetero) is 1. The number of anilines is 2. The summed E-state index contributed by atoms with van der Waals surface area (Å²) in [5.74, 6) is 0.173. The quantitative estimate of drug-likeness (QED) is 0.279. The molecule has 8 heteroatoms. The van der Waals surface area contributed by atoms with Gasteiger partial charge < -0.3 is 20.3 Å². The number of hydrogen-bond acceptors (Lipinski definition) is 6. The van der Waals surface area contributed by atoms with Gasteiger partial charge in [0.15, 0.2) is 5.78 Å². The summed E-state index contributed by atoms with van der Waals surface area (Å²) in [6.07, 6.45) is 1.95. The lowest BCUT2D eigenvalue weighted by Crippen LogP contribution is -2.54. The maximum atomic E-state index is 15.0. The van der Waals surface area contributed by atoms with Gasteiger partial charge in [0.05, 0.1) is 5.56 Å². The van der Waals surface area contributed by atoms with Crippen LogP contribution in [0, 0.1) is 5.82 Å². The Morgan fingerprint density at radius 1 is 1.00 bits per heavy atom. The molecule has 1 aliphatic heterocycles. The van der Waals surface area contributed by atoms with Gasteiger partial charge in [-0.2, -0.15) is 0 Å². The molecule has 1 aromatic heterocycles. The molecule has 0 saturated carbocycles. The van der Waals surface area contributed by atoms with Crippen LogP contribution in [0.5, 0.6) is 11.5 Å². The van der Waals surface area contributed by atoms with Crippen molar-refractivity contribution in [1.82, 2.24) is 10.3 Å². The number of nitrogens with zero attached hydrogens (tertiary/aromatic N) is 2. The van der Waals surface area contributed by atoms with Crippen molar-refractivity contribution >= 4 is 34.0 Å². The molecule has 0 bridgehead atoms. The van der Waals surface area contributed by atoms with E-state index in [0.717, 1.165) is 29.5 Å². The fourth-order valence-corrected chi connectivity index (χ4v) is 5.04. The van der Waals surface area contributed by atoms with E-state index in [0.29, 0.717) is 23.5 Å². The number of pyridine rings is 1. The van der Waals surface area contributed by atoms with E-state index >= 15 is 0 Å². The minimum Gasteiger partial charge on any atom is -0.457 e. The van der Waals surface area contributed by atoms with Gasteiger partial charge >= 0.3 is 0 Å². The van der Waals surface area contributed by atoms with Crippen molar-refractivity contribution in [3.05, 3.63) is 89.9 Å². The van der Waals surface area contributed by atoms with E-state index in [4.69, 9.17) is 4.74 Å². The Bertz CT molecular complexity index is 1530. The number of carbonyl (C=O) groups is 2. The summed E-state index contributed by atoms with van der Waals surface area (Å²) in [7, 11) is 0. The first-order valence-corrected chi connectivity index (χ1v) is 13.1. The second-order valence-corrected chi connectivity index (χ2v) is 9.94. The van der Waals surface area contributed by atoms with Crippen LogP contribution in [0.25, 0.3) is 10.8 Å². The Morgan fingerprint density at radius 3 is 2.51 bits per heavy atom. The Balaban J connectivity index is 1.29. The smallest absolute Gasteiger partial charge is 0.259 e. The van der Waals surface area contributed by atoms with Crippen molar-refractivity contribution in [2.75, 3.05) is 23.3 Å². The standard InChI is InChI=1S/C31H31FN4O3/c1-4-29(37)26-7-5-6-21-14-23(9-11-25(21)26)39-24-12-13-33-30(16-24)35-31(38)27-10-8-22(15-28(27)32)36-17-19(2)34-20(3)18-36/h5-16,19-20,34H,4,17-18H2,1-3H3,(H,33,35,38)/t19-,20+. The number of rotatable bonds is 7. The highest BCUT2D eigenvalue weighted by molar-refractivity contribution is 6.08. The Kier molecular flexibility index (Phi) is 7.56. The van der Waals surface area contributed by atoms with E-state index in [1.807, 2.05) is 37.3 Å². The van der Waals surface area contributed by atoms with Crippen LogP contribution >= 0.6 is 0 Å². The van der Waals surface area contributed by atoms with Crippen molar-refractivity contribution in [3.8, 4) is 11.5 Å². The number of hydrogen-bond donors (Lipinski definition) is 2. The minimum atomic E-state index is -0.593. The van der Waals surface area contributed by atoms with Crippen LogP contribution in [0.4, 0.5) is 15.9 Å². The molecule has 2 atom stereocenters. The summed E-state index contributed by atoms with van der Waals surface area (Å²) in [6, 6.07) is 19.6. The third-order valence-corrected chi connectivity index (χ3v) is 6.80. The van der Waals surface area contributed by atoms with E-state index in [-0.39, 0.29) is 29.2 Å². The van der Waals surface area contributed by atoms with Gasteiger partial charge in [0.25, 0.3) is 5.91 Å². The molecule has 200 valence electrons. The van der Waals surface area contributed by atoms with Crippen molar-refractivity contribution in [3.63, 3.8) is 0 Å². The largest absolute Gasteiger partial charge is 0.457 e. The molecule has 1 amide bonds. The number of carbonyl (C=O) groups excluding carboxylic acids is 2. The molecule has 0 spiro atoms. The van der Waals surface area contributed by atoms with E-state index in [1.165, 1.54) is 18.3 Å².